The maximum absolute atomic E-state index is 13.9. The van der Waals surface area contributed by atoms with Crippen LogP contribution in [0.4, 0.5) is 4.39 Å². The highest BCUT2D eigenvalue weighted by Gasteiger charge is 2.17. The van der Waals surface area contributed by atoms with E-state index in [2.05, 4.69) is 22.5 Å². The first-order chi connectivity index (χ1) is 8.00. The van der Waals surface area contributed by atoms with Gasteiger partial charge in [-0.1, -0.05) is 28.6 Å². The van der Waals surface area contributed by atoms with Crippen LogP contribution in [0.3, 0.4) is 0 Å². The van der Waals surface area contributed by atoms with Crippen LogP contribution in [0.5, 0.6) is 0 Å². The largest absolute Gasteiger partial charge is 0.344 e. The smallest absolute Gasteiger partial charge is 0.133 e. The van der Waals surface area contributed by atoms with Gasteiger partial charge in [-0.25, -0.2) is 4.39 Å². The van der Waals surface area contributed by atoms with Gasteiger partial charge in [0.15, 0.2) is 0 Å². The second-order valence-electron chi connectivity index (χ2n) is 4.03. The summed E-state index contributed by atoms with van der Waals surface area (Å²) in [6.45, 7) is 5.97. The molecular weight excluding hydrogens is 281 g/mol. The predicted octanol–water partition coefficient (Wildman–Crippen LogP) is 4.33. The van der Waals surface area contributed by atoms with Gasteiger partial charge in [-0.3, -0.25) is 0 Å². The summed E-state index contributed by atoms with van der Waals surface area (Å²) in [5.41, 5.74) is 3.39. The van der Waals surface area contributed by atoms with Crippen molar-refractivity contribution in [3.8, 4) is 0 Å². The molecule has 0 radical (unpaired) electrons. The molecule has 1 aliphatic rings. The van der Waals surface area contributed by atoms with Crippen LogP contribution in [0.15, 0.2) is 52.7 Å². The van der Waals surface area contributed by atoms with Gasteiger partial charge in [-0.2, -0.15) is 0 Å². The number of likely N-dealkylation sites (N-methyl/N-ethyl adjacent to an activating group) is 1. The number of hydrogen-bond donors (Lipinski definition) is 0. The van der Waals surface area contributed by atoms with Crippen LogP contribution in [-0.4, -0.2) is 11.9 Å². The van der Waals surface area contributed by atoms with Crippen molar-refractivity contribution in [3.63, 3.8) is 0 Å². The van der Waals surface area contributed by atoms with Crippen LogP contribution in [0.1, 0.15) is 12.5 Å². The predicted molar refractivity (Wildman–Crippen MR) is 72.7 cm³/mol. The normalized spacial score (nSPS) is 15.8. The van der Waals surface area contributed by atoms with Gasteiger partial charge in [0, 0.05) is 22.8 Å². The van der Waals surface area contributed by atoms with Crippen molar-refractivity contribution in [2.45, 2.75) is 6.92 Å². The summed E-state index contributed by atoms with van der Waals surface area (Å²) in [5, 5.41) is 0. The first kappa shape index (κ1) is 12.1. The molecule has 0 amide bonds. The van der Waals surface area contributed by atoms with E-state index in [4.69, 9.17) is 0 Å². The number of rotatable bonds is 1. The van der Waals surface area contributed by atoms with E-state index in [0.29, 0.717) is 5.56 Å². The first-order valence-corrected chi connectivity index (χ1v) is 6.07. The molecule has 1 nitrogen and oxygen atoms in total. The van der Waals surface area contributed by atoms with E-state index in [1.807, 2.05) is 37.1 Å². The van der Waals surface area contributed by atoms with Crippen molar-refractivity contribution in [2.24, 2.45) is 0 Å². The molecule has 0 saturated carbocycles. The summed E-state index contributed by atoms with van der Waals surface area (Å²) in [4.78, 5) is 1.90. The molecule has 2 rings (SSSR count). The zero-order chi connectivity index (χ0) is 12.6. The molecule has 0 saturated heterocycles. The van der Waals surface area contributed by atoms with Gasteiger partial charge in [-0.05, 0) is 36.8 Å². The number of hydrogen-bond acceptors (Lipinski definition) is 1. The van der Waals surface area contributed by atoms with Crippen LogP contribution in [0, 0.1) is 5.82 Å². The monoisotopic (exact) mass is 293 g/mol. The number of benzene rings is 1. The Balaban J connectivity index is 2.51. The van der Waals surface area contributed by atoms with Crippen molar-refractivity contribution in [1.82, 2.24) is 4.90 Å². The standard InChI is InChI=1S/C14H13BrFN/c1-9-4-7-14(17(3)10(9)2)12-6-5-11(15)8-13(12)16/h4-8H,2H2,1,3H3. The van der Waals surface area contributed by atoms with Crippen molar-refractivity contribution >= 4 is 21.6 Å². The Morgan fingerprint density at radius 3 is 2.65 bits per heavy atom. The maximum atomic E-state index is 13.9. The second-order valence-corrected chi connectivity index (χ2v) is 4.95. The lowest BCUT2D eigenvalue weighted by molar-refractivity contribution is 0.580. The zero-order valence-corrected chi connectivity index (χ0v) is 11.4. The maximum Gasteiger partial charge on any atom is 0.133 e. The van der Waals surface area contributed by atoms with Crippen molar-refractivity contribution < 1.29 is 4.39 Å². The molecule has 1 aliphatic heterocycles. The number of nitrogens with zero attached hydrogens (tertiary/aromatic N) is 1. The molecule has 0 aromatic heterocycles. The Morgan fingerprint density at radius 1 is 1.29 bits per heavy atom. The van der Waals surface area contributed by atoms with E-state index in [1.54, 1.807) is 6.07 Å². The summed E-state index contributed by atoms with van der Waals surface area (Å²) in [7, 11) is 1.89. The van der Waals surface area contributed by atoms with Gasteiger partial charge in [0.1, 0.15) is 5.82 Å². The molecule has 0 spiro atoms. The van der Waals surface area contributed by atoms with Crippen molar-refractivity contribution in [1.29, 1.82) is 0 Å². The average Bonchev–Trinajstić information content (AvgIpc) is 2.28. The fourth-order valence-electron chi connectivity index (χ4n) is 1.79. The second kappa shape index (κ2) is 4.49. The quantitative estimate of drug-likeness (QED) is 0.745. The molecule has 17 heavy (non-hydrogen) atoms. The lowest BCUT2D eigenvalue weighted by Gasteiger charge is -2.28. The van der Waals surface area contributed by atoms with Gasteiger partial charge in [0.2, 0.25) is 0 Å². The molecule has 0 unspecified atom stereocenters. The van der Waals surface area contributed by atoms with Gasteiger partial charge in [-0.15, -0.1) is 0 Å². The summed E-state index contributed by atoms with van der Waals surface area (Å²) in [5.74, 6) is -0.238. The van der Waals surface area contributed by atoms with Crippen LogP contribution in [-0.2, 0) is 0 Å². The van der Waals surface area contributed by atoms with Crippen LogP contribution in [0.2, 0.25) is 0 Å². The number of allylic oxidation sites excluding steroid dienone is 3. The first-order valence-electron chi connectivity index (χ1n) is 5.27. The molecule has 1 aromatic carbocycles. The topological polar surface area (TPSA) is 3.24 Å². The van der Waals surface area contributed by atoms with Crippen LogP contribution < -0.4 is 0 Å². The summed E-state index contributed by atoms with van der Waals surface area (Å²) in [6.07, 6.45) is 3.87. The molecular formula is C14H13BrFN. The Hall–Kier alpha value is -1.35. The number of halogens is 2. The third kappa shape index (κ3) is 2.20. The van der Waals surface area contributed by atoms with E-state index >= 15 is 0 Å². The lowest BCUT2D eigenvalue weighted by Crippen LogP contribution is -2.19. The molecule has 0 aliphatic carbocycles. The minimum absolute atomic E-state index is 0.238. The van der Waals surface area contributed by atoms with Crippen molar-refractivity contribution in [2.75, 3.05) is 7.05 Å². The minimum atomic E-state index is -0.238. The lowest BCUT2D eigenvalue weighted by atomic mass is 10.0. The Morgan fingerprint density at radius 2 is 2.00 bits per heavy atom. The van der Waals surface area contributed by atoms with Crippen LogP contribution >= 0.6 is 15.9 Å². The average molecular weight is 294 g/mol. The molecule has 1 heterocycles. The molecule has 88 valence electrons. The van der Waals surface area contributed by atoms with E-state index in [9.17, 15) is 4.39 Å². The van der Waals surface area contributed by atoms with E-state index in [0.717, 1.165) is 21.4 Å². The summed E-state index contributed by atoms with van der Waals surface area (Å²) in [6, 6.07) is 5.07. The highest BCUT2D eigenvalue weighted by molar-refractivity contribution is 9.10. The third-order valence-electron chi connectivity index (χ3n) is 2.92. The van der Waals surface area contributed by atoms with E-state index < -0.39 is 0 Å². The Labute approximate surface area is 109 Å². The molecule has 0 N–H and O–H groups in total. The summed E-state index contributed by atoms with van der Waals surface area (Å²) >= 11 is 3.25. The Bertz CT molecular complexity index is 543. The molecule has 0 fully saturated rings. The SMILES string of the molecule is C=C1C(C)=CC=C(c2ccc(Br)cc2F)N1C. The van der Waals surface area contributed by atoms with Gasteiger partial charge in [0.25, 0.3) is 0 Å². The fourth-order valence-corrected chi connectivity index (χ4v) is 2.12. The highest BCUT2D eigenvalue weighted by Crippen LogP contribution is 2.31. The fraction of sp³-hybridized carbons (Fsp3) is 0.143. The van der Waals surface area contributed by atoms with Crippen LogP contribution in [0.25, 0.3) is 5.70 Å². The Kier molecular flexibility index (Phi) is 3.20. The molecule has 0 bridgehead atoms. The third-order valence-corrected chi connectivity index (χ3v) is 3.41. The molecule has 3 heteroatoms. The summed E-state index contributed by atoms with van der Waals surface area (Å²) < 4.78 is 14.6. The van der Waals surface area contributed by atoms with Gasteiger partial charge in [0.05, 0.1) is 5.70 Å². The van der Waals surface area contributed by atoms with E-state index in [1.165, 1.54) is 6.07 Å². The molecule has 0 atom stereocenters. The van der Waals surface area contributed by atoms with Gasteiger partial charge >= 0.3 is 0 Å². The van der Waals surface area contributed by atoms with Gasteiger partial charge < -0.3 is 4.90 Å². The highest BCUT2D eigenvalue weighted by atomic mass is 79.9. The minimum Gasteiger partial charge on any atom is -0.344 e. The molecule has 1 aromatic rings. The van der Waals surface area contributed by atoms with Crippen molar-refractivity contribution in [3.05, 3.63) is 64.1 Å². The zero-order valence-electron chi connectivity index (χ0n) is 9.80. The van der Waals surface area contributed by atoms with E-state index in [-0.39, 0.29) is 5.82 Å².